The molecule has 5 heteroatoms. The van der Waals surface area contributed by atoms with Gasteiger partial charge in [-0.2, -0.15) is 0 Å². The Balaban J connectivity index is 1.71. The van der Waals surface area contributed by atoms with Crippen molar-refractivity contribution in [2.24, 2.45) is 17.6 Å². The summed E-state index contributed by atoms with van der Waals surface area (Å²) in [5.74, 6) is 1.18. The van der Waals surface area contributed by atoms with Gasteiger partial charge in [0.1, 0.15) is 0 Å². The Morgan fingerprint density at radius 2 is 1.48 bits per heavy atom. The Morgan fingerprint density at radius 3 is 1.90 bits per heavy atom. The highest BCUT2D eigenvalue weighted by Crippen LogP contribution is 2.49. The van der Waals surface area contributed by atoms with E-state index in [4.69, 9.17) is 22.4 Å². The molecule has 2 aliphatic rings. The van der Waals surface area contributed by atoms with Gasteiger partial charge in [0, 0.05) is 12.1 Å². The maximum Gasteiger partial charge on any atom is 0.261 e. The van der Waals surface area contributed by atoms with E-state index in [2.05, 4.69) is 86.8 Å². The van der Waals surface area contributed by atoms with Crippen LogP contribution in [0.2, 0.25) is 5.04 Å². The minimum atomic E-state index is -2.48. The molecule has 0 radical (unpaired) electrons. The van der Waals surface area contributed by atoms with Gasteiger partial charge < -0.3 is 15.5 Å². The van der Waals surface area contributed by atoms with Crippen molar-refractivity contribution in [3.05, 3.63) is 60.7 Å². The van der Waals surface area contributed by atoms with Crippen molar-refractivity contribution >= 4 is 36.0 Å². The van der Waals surface area contributed by atoms with Crippen molar-refractivity contribution < 1.29 is 4.43 Å². The van der Waals surface area contributed by atoms with Gasteiger partial charge in [-0.1, -0.05) is 81.4 Å². The zero-order valence-corrected chi connectivity index (χ0v) is 19.4. The van der Waals surface area contributed by atoms with Gasteiger partial charge in [0.2, 0.25) is 0 Å². The van der Waals surface area contributed by atoms with Gasteiger partial charge in [-0.3, -0.25) is 0 Å². The highest BCUT2D eigenvalue weighted by atomic mass is 32.1. The zero-order chi connectivity index (χ0) is 20.6. The minimum absolute atomic E-state index is 0.0218. The normalized spacial score (nSPS) is 26.4. The molecule has 3 N–H and O–H groups in total. The summed E-state index contributed by atoms with van der Waals surface area (Å²) in [4.78, 5) is 0. The lowest BCUT2D eigenvalue weighted by atomic mass is 9.93. The molecular weight excluding hydrogens is 392 g/mol. The summed E-state index contributed by atoms with van der Waals surface area (Å²) in [7, 11) is -2.48. The molecule has 0 saturated heterocycles. The van der Waals surface area contributed by atoms with Crippen molar-refractivity contribution in [1.82, 2.24) is 5.32 Å². The Labute approximate surface area is 181 Å². The fourth-order valence-electron chi connectivity index (χ4n) is 5.65. The number of benzene rings is 2. The van der Waals surface area contributed by atoms with E-state index >= 15 is 0 Å². The Kier molecular flexibility index (Phi) is 5.57. The van der Waals surface area contributed by atoms with Crippen LogP contribution in [0.5, 0.6) is 0 Å². The molecule has 0 unspecified atom stereocenters. The van der Waals surface area contributed by atoms with E-state index < -0.39 is 8.32 Å². The predicted octanol–water partition coefficient (Wildman–Crippen LogP) is 3.56. The van der Waals surface area contributed by atoms with Crippen LogP contribution in [0.15, 0.2) is 60.7 Å². The summed E-state index contributed by atoms with van der Waals surface area (Å²) >= 11 is 5.08. The standard InChI is InChI=1S/C24H32N2OSSi/c1-24(2,3)29(19-10-6-4-7-11-19,20-12-8-5-9-13-20)27-22-16-17-14-18(22)15-21(17)26-23(25)28/h4-13,17-18,21-22H,14-16H2,1-3H3,(H3,25,26,28)/t17-,18-,21+,22+/m1/s1. The predicted molar refractivity (Wildman–Crippen MR) is 127 cm³/mol. The van der Waals surface area contributed by atoms with Crippen LogP contribution in [0, 0.1) is 11.8 Å². The summed E-state index contributed by atoms with van der Waals surface area (Å²) in [5, 5.41) is 6.48. The minimum Gasteiger partial charge on any atom is -0.404 e. The summed E-state index contributed by atoms with van der Waals surface area (Å²) in [6.07, 6.45) is 3.71. The second-order valence-corrected chi connectivity index (χ2v) is 14.4. The first-order chi connectivity index (χ1) is 13.8. The first-order valence-electron chi connectivity index (χ1n) is 10.7. The van der Waals surface area contributed by atoms with E-state index in [-0.39, 0.29) is 5.04 Å². The monoisotopic (exact) mass is 424 g/mol. The molecule has 2 fully saturated rings. The molecule has 4 rings (SSSR count). The second kappa shape index (κ2) is 7.86. The van der Waals surface area contributed by atoms with Gasteiger partial charge in [0.25, 0.3) is 8.32 Å². The number of nitrogens with one attached hydrogen (secondary N) is 1. The lowest BCUT2D eigenvalue weighted by Gasteiger charge is -2.46. The lowest BCUT2D eigenvalue weighted by Crippen LogP contribution is -2.68. The maximum absolute atomic E-state index is 7.37. The molecule has 2 saturated carbocycles. The molecule has 2 bridgehead atoms. The Morgan fingerprint density at radius 1 is 0.931 bits per heavy atom. The van der Waals surface area contributed by atoms with Crippen molar-refractivity contribution in [3.8, 4) is 0 Å². The SMILES string of the molecule is CC(C)(C)[Si](O[C@H]1C[C@H]2C[C@@H]1C[C@@H]2NC(N)=S)(c1ccccc1)c1ccccc1. The Hall–Kier alpha value is -1.69. The molecule has 154 valence electrons. The second-order valence-electron chi connectivity index (χ2n) is 9.66. The fraction of sp³-hybridized carbons (Fsp3) is 0.458. The molecule has 0 aliphatic heterocycles. The van der Waals surface area contributed by atoms with E-state index in [0.717, 1.165) is 12.8 Å². The number of hydrogen-bond donors (Lipinski definition) is 2. The lowest BCUT2D eigenvalue weighted by molar-refractivity contribution is 0.118. The van der Waals surface area contributed by atoms with E-state index in [0.29, 0.717) is 29.1 Å². The van der Waals surface area contributed by atoms with Gasteiger partial charge in [-0.05, 0) is 58.7 Å². The Bertz CT molecular complexity index is 813. The molecule has 2 aliphatic carbocycles. The van der Waals surface area contributed by atoms with Crippen LogP contribution in [0.4, 0.5) is 0 Å². The van der Waals surface area contributed by atoms with Crippen LogP contribution in [0.25, 0.3) is 0 Å². The number of nitrogens with two attached hydrogens (primary N) is 1. The topological polar surface area (TPSA) is 47.3 Å². The first kappa shape index (κ1) is 20.6. The summed E-state index contributed by atoms with van der Waals surface area (Å²) in [6.45, 7) is 7.05. The van der Waals surface area contributed by atoms with E-state index in [1.807, 2.05) is 0 Å². The average molecular weight is 425 g/mol. The smallest absolute Gasteiger partial charge is 0.261 e. The van der Waals surface area contributed by atoms with Crippen LogP contribution in [-0.2, 0) is 4.43 Å². The molecular formula is C24H32N2OSSi. The summed E-state index contributed by atoms with van der Waals surface area (Å²) in [6, 6.07) is 22.3. The van der Waals surface area contributed by atoms with Crippen LogP contribution in [0.3, 0.4) is 0 Å². The summed E-state index contributed by atoms with van der Waals surface area (Å²) in [5.41, 5.74) is 5.75. The van der Waals surface area contributed by atoms with Crippen molar-refractivity contribution in [3.63, 3.8) is 0 Å². The molecule has 4 atom stereocenters. The number of hydrogen-bond acceptors (Lipinski definition) is 2. The summed E-state index contributed by atoms with van der Waals surface area (Å²) < 4.78 is 7.37. The molecule has 3 nitrogen and oxygen atoms in total. The van der Waals surface area contributed by atoms with Crippen LogP contribution < -0.4 is 21.4 Å². The molecule has 0 heterocycles. The van der Waals surface area contributed by atoms with E-state index in [9.17, 15) is 0 Å². The van der Waals surface area contributed by atoms with Crippen molar-refractivity contribution in [1.29, 1.82) is 0 Å². The van der Waals surface area contributed by atoms with Crippen LogP contribution in [-0.4, -0.2) is 25.6 Å². The average Bonchev–Trinajstić information content (AvgIpc) is 3.26. The molecule has 29 heavy (non-hydrogen) atoms. The van der Waals surface area contributed by atoms with E-state index in [1.165, 1.54) is 16.8 Å². The van der Waals surface area contributed by atoms with Crippen molar-refractivity contribution in [2.45, 2.75) is 57.2 Å². The molecule has 0 amide bonds. The van der Waals surface area contributed by atoms with Gasteiger partial charge in [-0.15, -0.1) is 0 Å². The number of thiocarbonyl (C=S) groups is 1. The van der Waals surface area contributed by atoms with Crippen LogP contribution >= 0.6 is 12.2 Å². The maximum atomic E-state index is 7.37. The highest BCUT2D eigenvalue weighted by molar-refractivity contribution is 7.80. The zero-order valence-electron chi connectivity index (χ0n) is 17.6. The first-order valence-corrected chi connectivity index (χ1v) is 13.0. The number of rotatable bonds is 5. The van der Waals surface area contributed by atoms with Crippen molar-refractivity contribution in [2.75, 3.05) is 0 Å². The quantitative estimate of drug-likeness (QED) is 0.569. The fourth-order valence-corrected chi connectivity index (χ4v) is 10.6. The molecule has 0 aromatic heterocycles. The van der Waals surface area contributed by atoms with Gasteiger partial charge in [-0.25, -0.2) is 0 Å². The van der Waals surface area contributed by atoms with Gasteiger partial charge >= 0.3 is 0 Å². The largest absolute Gasteiger partial charge is 0.404 e. The molecule has 2 aromatic rings. The molecule has 0 spiro atoms. The molecule has 2 aromatic carbocycles. The van der Waals surface area contributed by atoms with Gasteiger partial charge in [0.05, 0.1) is 0 Å². The van der Waals surface area contributed by atoms with Crippen LogP contribution in [0.1, 0.15) is 40.0 Å². The van der Waals surface area contributed by atoms with Gasteiger partial charge in [0.15, 0.2) is 5.11 Å². The third-order valence-electron chi connectivity index (χ3n) is 6.86. The third kappa shape index (κ3) is 3.76. The number of fused-ring (bicyclic) bond motifs is 2. The third-order valence-corrected chi connectivity index (χ3v) is 12.0. The highest BCUT2D eigenvalue weighted by Gasteiger charge is 2.55. The van der Waals surface area contributed by atoms with E-state index in [1.54, 1.807) is 0 Å².